The van der Waals surface area contributed by atoms with Gasteiger partial charge in [0.1, 0.15) is 0 Å². The molecule has 13 heavy (non-hydrogen) atoms. The van der Waals surface area contributed by atoms with Crippen LogP contribution in [0.15, 0.2) is 18.2 Å². The predicted molar refractivity (Wildman–Crippen MR) is 63.1 cm³/mol. The molecule has 0 radical (unpaired) electrons. The molecule has 1 rings (SSSR count). The number of hydrogen-bond donors (Lipinski definition) is 3. The summed E-state index contributed by atoms with van der Waals surface area (Å²) in [6.07, 6.45) is 0. The average molecular weight is 217 g/mol. The Labute approximate surface area is 89.1 Å². The van der Waals surface area contributed by atoms with E-state index in [1.807, 2.05) is 32.2 Å². The summed E-state index contributed by atoms with van der Waals surface area (Å²) >= 11 is 10.1. The highest BCUT2D eigenvalue weighted by molar-refractivity contribution is 7.81. The Bertz CT molecular complexity index is 289. The predicted octanol–water partition coefficient (Wildman–Crippen LogP) is 3.07. The molecule has 0 heterocycles. The molecule has 1 aromatic rings. The van der Waals surface area contributed by atoms with Gasteiger partial charge in [-0.3, -0.25) is 0 Å². The summed E-state index contributed by atoms with van der Waals surface area (Å²) in [5.74, 6) is 0. The third-order valence-corrected chi connectivity index (χ3v) is 1.98. The molecule has 1 aromatic carbocycles. The number of nitrogens with one attached hydrogen (secondary N) is 2. The van der Waals surface area contributed by atoms with Gasteiger partial charge >= 0.3 is 0 Å². The van der Waals surface area contributed by atoms with E-state index in [0.29, 0.717) is 0 Å². The molecular weight excluding hydrogens is 204 g/mol. The summed E-state index contributed by atoms with van der Waals surface area (Å²) in [6, 6.07) is 5.65. The monoisotopic (exact) mass is 216 g/mol. The molecule has 0 saturated carbocycles. The highest BCUT2D eigenvalue weighted by atomic mass is 35.5. The molecule has 0 aliphatic rings. The maximum Gasteiger partial charge on any atom is 0.0665 e. The van der Waals surface area contributed by atoms with Crippen LogP contribution < -0.4 is 10.6 Å². The van der Waals surface area contributed by atoms with E-state index in [0.717, 1.165) is 16.4 Å². The molecule has 0 spiro atoms. The third-order valence-electron chi connectivity index (χ3n) is 1.62. The molecule has 2 nitrogen and oxygen atoms in total. The second-order valence-electron chi connectivity index (χ2n) is 2.76. The van der Waals surface area contributed by atoms with E-state index in [2.05, 4.69) is 23.3 Å². The SMILES string of the molecule is CNc1cc(Cl)ccc1NC(C)S. The summed E-state index contributed by atoms with van der Waals surface area (Å²) in [5, 5.41) is 7.10. The second-order valence-corrected chi connectivity index (χ2v) is 3.97. The number of halogens is 1. The van der Waals surface area contributed by atoms with E-state index in [-0.39, 0.29) is 5.37 Å². The van der Waals surface area contributed by atoms with Crippen molar-refractivity contribution in [1.82, 2.24) is 0 Å². The van der Waals surface area contributed by atoms with Crippen molar-refractivity contribution in [3.8, 4) is 0 Å². The van der Waals surface area contributed by atoms with Crippen LogP contribution in [0.2, 0.25) is 5.02 Å². The Balaban J connectivity index is 2.92. The van der Waals surface area contributed by atoms with Gasteiger partial charge in [-0.15, -0.1) is 0 Å². The van der Waals surface area contributed by atoms with Gasteiger partial charge in [-0.05, 0) is 25.1 Å². The van der Waals surface area contributed by atoms with Gasteiger partial charge in [0.25, 0.3) is 0 Å². The number of hydrogen-bond acceptors (Lipinski definition) is 3. The van der Waals surface area contributed by atoms with Crippen LogP contribution in [0.1, 0.15) is 6.92 Å². The standard InChI is InChI=1S/C9H13ClN2S/c1-6(13)12-8-4-3-7(10)5-9(8)11-2/h3-6,11-13H,1-2H3. The number of rotatable bonds is 3. The number of benzene rings is 1. The Morgan fingerprint density at radius 2 is 2.08 bits per heavy atom. The molecule has 2 N–H and O–H groups in total. The lowest BCUT2D eigenvalue weighted by molar-refractivity contribution is 1.14. The zero-order chi connectivity index (χ0) is 9.84. The maximum absolute atomic E-state index is 5.85. The van der Waals surface area contributed by atoms with Crippen molar-refractivity contribution < 1.29 is 0 Å². The van der Waals surface area contributed by atoms with E-state index in [1.54, 1.807) is 0 Å². The molecule has 0 aromatic heterocycles. The topological polar surface area (TPSA) is 24.1 Å². The van der Waals surface area contributed by atoms with E-state index >= 15 is 0 Å². The van der Waals surface area contributed by atoms with E-state index < -0.39 is 0 Å². The van der Waals surface area contributed by atoms with Crippen molar-refractivity contribution in [3.63, 3.8) is 0 Å². The molecule has 0 amide bonds. The van der Waals surface area contributed by atoms with Crippen molar-refractivity contribution in [2.45, 2.75) is 12.3 Å². The van der Waals surface area contributed by atoms with Crippen molar-refractivity contribution in [3.05, 3.63) is 23.2 Å². The molecule has 4 heteroatoms. The summed E-state index contributed by atoms with van der Waals surface area (Å²) < 4.78 is 0. The first-order valence-electron chi connectivity index (χ1n) is 4.05. The van der Waals surface area contributed by atoms with Gasteiger partial charge < -0.3 is 10.6 Å². The van der Waals surface area contributed by atoms with Crippen LogP contribution in [-0.2, 0) is 0 Å². The van der Waals surface area contributed by atoms with Gasteiger partial charge in [0.2, 0.25) is 0 Å². The molecule has 0 bridgehead atoms. The van der Waals surface area contributed by atoms with Crippen molar-refractivity contribution in [2.75, 3.05) is 17.7 Å². The lowest BCUT2D eigenvalue weighted by atomic mass is 10.2. The van der Waals surface area contributed by atoms with Crippen LogP contribution in [0.25, 0.3) is 0 Å². The lowest BCUT2D eigenvalue weighted by Gasteiger charge is -2.14. The lowest BCUT2D eigenvalue weighted by Crippen LogP contribution is -2.08. The molecule has 72 valence electrons. The Kier molecular flexibility index (Phi) is 3.75. The fraction of sp³-hybridized carbons (Fsp3) is 0.333. The van der Waals surface area contributed by atoms with E-state index in [4.69, 9.17) is 11.6 Å². The molecule has 0 fully saturated rings. The molecular formula is C9H13ClN2S. The Morgan fingerprint density at radius 1 is 1.38 bits per heavy atom. The quantitative estimate of drug-likeness (QED) is 0.535. The van der Waals surface area contributed by atoms with Gasteiger partial charge in [-0.2, -0.15) is 12.6 Å². The third kappa shape index (κ3) is 3.01. The Morgan fingerprint density at radius 3 is 2.62 bits per heavy atom. The van der Waals surface area contributed by atoms with Crippen molar-refractivity contribution >= 4 is 35.6 Å². The maximum atomic E-state index is 5.85. The minimum absolute atomic E-state index is 0.119. The summed E-state index contributed by atoms with van der Waals surface area (Å²) in [6.45, 7) is 1.97. The van der Waals surface area contributed by atoms with Crippen LogP contribution in [0, 0.1) is 0 Å². The summed E-state index contributed by atoms with van der Waals surface area (Å²) in [5.41, 5.74) is 1.99. The second kappa shape index (κ2) is 4.63. The normalized spacial score (nSPS) is 12.3. The first kappa shape index (κ1) is 10.5. The van der Waals surface area contributed by atoms with Gasteiger partial charge in [-0.1, -0.05) is 11.6 Å². The van der Waals surface area contributed by atoms with E-state index in [1.165, 1.54) is 0 Å². The molecule has 0 aliphatic heterocycles. The van der Waals surface area contributed by atoms with Crippen molar-refractivity contribution in [2.24, 2.45) is 0 Å². The molecule has 1 unspecified atom stereocenters. The van der Waals surface area contributed by atoms with Gasteiger partial charge in [0.15, 0.2) is 0 Å². The van der Waals surface area contributed by atoms with Crippen LogP contribution in [0.5, 0.6) is 0 Å². The van der Waals surface area contributed by atoms with Crippen LogP contribution in [-0.4, -0.2) is 12.4 Å². The van der Waals surface area contributed by atoms with Gasteiger partial charge in [0, 0.05) is 12.1 Å². The first-order chi connectivity index (χ1) is 6.13. The highest BCUT2D eigenvalue weighted by Gasteiger charge is 2.02. The largest absolute Gasteiger partial charge is 0.386 e. The van der Waals surface area contributed by atoms with Crippen LogP contribution in [0.4, 0.5) is 11.4 Å². The highest BCUT2D eigenvalue weighted by Crippen LogP contribution is 2.26. The van der Waals surface area contributed by atoms with Crippen LogP contribution in [0.3, 0.4) is 0 Å². The summed E-state index contributed by atoms with van der Waals surface area (Å²) in [7, 11) is 1.86. The number of thiol groups is 1. The summed E-state index contributed by atoms with van der Waals surface area (Å²) in [4.78, 5) is 0. The minimum atomic E-state index is 0.119. The van der Waals surface area contributed by atoms with Crippen LogP contribution >= 0.6 is 24.2 Å². The van der Waals surface area contributed by atoms with Gasteiger partial charge in [0.05, 0.1) is 16.7 Å². The molecule has 0 aliphatic carbocycles. The van der Waals surface area contributed by atoms with Crippen molar-refractivity contribution in [1.29, 1.82) is 0 Å². The number of anilines is 2. The fourth-order valence-corrected chi connectivity index (χ4v) is 1.39. The molecule has 1 atom stereocenters. The smallest absolute Gasteiger partial charge is 0.0665 e. The fourth-order valence-electron chi connectivity index (χ4n) is 1.07. The first-order valence-corrected chi connectivity index (χ1v) is 4.95. The zero-order valence-electron chi connectivity index (χ0n) is 7.63. The van der Waals surface area contributed by atoms with Gasteiger partial charge in [-0.25, -0.2) is 0 Å². The van der Waals surface area contributed by atoms with E-state index in [9.17, 15) is 0 Å². The zero-order valence-corrected chi connectivity index (χ0v) is 9.28. The minimum Gasteiger partial charge on any atom is -0.386 e. The Hall–Kier alpha value is -0.540. The molecule has 0 saturated heterocycles. The average Bonchev–Trinajstić information content (AvgIpc) is 2.07.